The van der Waals surface area contributed by atoms with Crippen molar-refractivity contribution in [1.29, 1.82) is 0 Å². The number of aromatic nitrogens is 1. The first-order valence-corrected chi connectivity index (χ1v) is 6.55. The number of H-pyrrole nitrogens is 1. The third-order valence-electron chi connectivity index (χ3n) is 4.46. The van der Waals surface area contributed by atoms with Crippen molar-refractivity contribution in [2.45, 2.75) is 44.2 Å². The zero-order valence-electron chi connectivity index (χ0n) is 11.1. The van der Waals surface area contributed by atoms with Gasteiger partial charge in [-0.05, 0) is 57.8 Å². The van der Waals surface area contributed by atoms with Crippen LogP contribution in [0.2, 0.25) is 0 Å². The molecule has 1 aliphatic rings. The number of nitrogens with zero attached hydrogens (tertiary/aromatic N) is 1. The Morgan fingerprint density at radius 1 is 1.41 bits per heavy atom. The molecule has 0 radical (unpaired) electrons. The van der Waals surface area contributed by atoms with Gasteiger partial charge in [0.2, 0.25) is 0 Å². The van der Waals surface area contributed by atoms with Gasteiger partial charge in [0.1, 0.15) is 6.10 Å². The number of hydrogen-bond acceptors (Lipinski definition) is 2. The van der Waals surface area contributed by atoms with Crippen LogP contribution in [0.5, 0.6) is 0 Å². The van der Waals surface area contributed by atoms with Gasteiger partial charge in [-0.3, -0.25) is 0 Å². The Labute approximate surface area is 104 Å². The van der Waals surface area contributed by atoms with Crippen molar-refractivity contribution in [1.82, 2.24) is 9.88 Å². The van der Waals surface area contributed by atoms with Gasteiger partial charge in [0, 0.05) is 11.9 Å². The summed E-state index contributed by atoms with van der Waals surface area (Å²) in [5.41, 5.74) is 0.838. The monoisotopic (exact) mass is 236 g/mol. The minimum absolute atomic E-state index is 0.0998. The van der Waals surface area contributed by atoms with E-state index in [1.807, 2.05) is 18.3 Å². The minimum Gasteiger partial charge on any atom is -0.385 e. The molecule has 0 amide bonds. The van der Waals surface area contributed by atoms with Gasteiger partial charge in [-0.15, -0.1) is 0 Å². The topological polar surface area (TPSA) is 39.3 Å². The standard InChI is InChI=1S/C14H24N2O/c1-11-6-8-14(9-7-11,16(2)3)13(17)12-5-4-10-15-12/h4-5,10-11,13,15,17H,6-9H2,1-3H3. The van der Waals surface area contributed by atoms with E-state index >= 15 is 0 Å². The molecule has 1 aromatic heterocycles. The molecule has 1 fully saturated rings. The molecule has 3 nitrogen and oxygen atoms in total. The fourth-order valence-electron chi connectivity index (χ4n) is 3.03. The summed E-state index contributed by atoms with van der Waals surface area (Å²) in [6.07, 6.45) is 6.02. The molecule has 1 unspecified atom stereocenters. The SMILES string of the molecule is CC1CCC(C(O)c2ccc[nH]2)(N(C)C)CC1. The zero-order chi connectivity index (χ0) is 12.5. The normalized spacial score (nSPS) is 31.7. The van der Waals surface area contributed by atoms with E-state index in [-0.39, 0.29) is 5.54 Å². The van der Waals surface area contributed by atoms with Crippen LogP contribution in [0.3, 0.4) is 0 Å². The van der Waals surface area contributed by atoms with Crippen molar-refractivity contribution >= 4 is 0 Å². The lowest BCUT2D eigenvalue weighted by molar-refractivity contribution is -0.0426. The van der Waals surface area contributed by atoms with Crippen LogP contribution in [0, 0.1) is 5.92 Å². The van der Waals surface area contributed by atoms with Crippen molar-refractivity contribution < 1.29 is 5.11 Å². The number of hydrogen-bond donors (Lipinski definition) is 2. The largest absolute Gasteiger partial charge is 0.385 e. The van der Waals surface area contributed by atoms with Gasteiger partial charge < -0.3 is 15.0 Å². The van der Waals surface area contributed by atoms with Crippen molar-refractivity contribution in [3.63, 3.8) is 0 Å². The summed E-state index contributed by atoms with van der Waals surface area (Å²) in [5, 5.41) is 10.7. The highest BCUT2D eigenvalue weighted by atomic mass is 16.3. The van der Waals surface area contributed by atoms with Gasteiger partial charge in [0.15, 0.2) is 0 Å². The van der Waals surface area contributed by atoms with Crippen LogP contribution >= 0.6 is 0 Å². The third-order valence-corrected chi connectivity index (χ3v) is 4.46. The van der Waals surface area contributed by atoms with E-state index in [0.29, 0.717) is 0 Å². The molecule has 0 spiro atoms. The Morgan fingerprint density at radius 2 is 2.06 bits per heavy atom. The van der Waals surface area contributed by atoms with E-state index in [0.717, 1.165) is 24.5 Å². The molecule has 0 saturated heterocycles. The fraction of sp³-hybridized carbons (Fsp3) is 0.714. The number of aliphatic hydroxyl groups is 1. The van der Waals surface area contributed by atoms with Crippen molar-refractivity contribution in [2.75, 3.05) is 14.1 Å². The van der Waals surface area contributed by atoms with Crippen molar-refractivity contribution in [3.8, 4) is 0 Å². The van der Waals surface area contributed by atoms with Crippen LogP contribution < -0.4 is 0 Å². The van der Waals surface area contributed by atoms with Crippen molar-refractivity contribution in [3.05, 3.63) is 24.0 Å². The first-order chi connectivity index (χ1) is 8.06. The van der Waals surface area contributed by atoms with Gasteiger partial charge in [-0.1, -0.05) is 6.92 Å². The molecule has 3 heteroatoms. The lowest BCUT2D eigenvalue weighted by Crippen LogP contribution is -2.51. The van der Waals surface area contributed by atoms with E-state index in [1.165, 1.54) is 12.8 Å². The molecule has 96 valence electrons. The van der Waals surface area contributed by atoms with Gasteiger partial charge in [-0.2, -0.15) is 0 Å². The summed E-state index contributed by atoms with van der Waals surface area (Å²) in [6.45, 7) is 2.31. The summed E-state index contributed by atoms with van der Waals surface area (Å²) in [4.78, 5) is 5.36. The van der Waals surface area contributed by atoms with Gasteiger partial charge in [0.05, 0.1) is 5.54 Å². The van der Waals surface area contributed by atoms with Crippen LogP contribution in [-0.4, -0.2) is 34.6 Å². The maximum absolute atomic E-state index is 10.7. The molecule has 17 heavy (non-hydrogen) atoms. The van der Waals surface area contributed by atoms with Crippen LogP contribution in [0.25, 0.3) is 0 Å². The van der Waals surface area contributed by atoms with E-state index in [9.17, 15) is 5.11 Å². The molecule has 1 aliphatic carbocycles. The second kappa shape index (κ2) is 4.83. The Hall–Kier alpha value is -0.800. The van der Waals surface area contributed by atoms with Crippen LogP contribution in [0.15, 0.2) is 18.3 Å². The van der Waals surface area contributed by atoms with Crippen LogP contribution in [0.4, 0.5) is 0 Å². The zero-order valence-corrected chi connectivity index (χ0v) is 11.1. The molecule has 1 atom stereocenters. The molecular formula is C14H24N2O. The summed E-state index contributed by atoms with van der Waals surface area (Å²) in [6, 6.07) is 3.93. The summed E-state index contributed by atoms with van der Waals surface area (Å²) < 4.78 is 0. The Kier molecular flexibility index (Phi) is 3.59. The maximum Gasteiger partial charge on any atom is 0.112 e. The van der Waals surface area contributed by atoms with E-state index < -0.39 is 6.10 Å². The smallest absolute Gasteiger partial charge is 0.112 e. The van der Waals surface area contributed by atoms with E-state index in [1.54, 1.807) is 0 Å². The summed E-state index contributed by atoms with van der Waals surface area (Å²) >= 11 is 0. The van der Waals surface area contributed by atoms with Gasteiger partial charge in [-0.25, -0.2) is 0 Å². The third kappa shape index (κ3) is 2.26. The molecule has 2 N–H and O–H groups in total. The molecule has 0 aromatic carbocycles. The first-order valence-electron chi connectivity index (χ1n) is 6.55. The maximum atomic E-state index is 10.7. The van der Waals surface area contributed by atoms with Gasteiger partial charge in [0.25, 0.3) is 0 Å². The molecular weight excluding hydrogens is 212 g/mol. The van der Waals surface area contributed by atoms with Gasteiger partial charge >= 0.3 is 0 Å². The fourth-order valence-corrected chi connectivity index (χ4v) is 3.03. The van der Waals surface area contributed by atoms with Crippen LogP contribution in [0.1, 0.15) is 44.4 Å². The lowest BCUT2D eigenvalue weighted by atomic mass is 9.72. The molecule has 1 saturated carbocycles. The highest BCUT2D eigenvalue weighted by Gasteiger charge is 2.43. The molecule has 0 bridgehead atoms. The number of aliphatic hydroxyl groups excluding tert-OH is 1. The number of rotatable bonds is 3. The van der Waals surface area contributed by atoms with E-state index in [2.05, 4.69) is 30.9 Å². The Balaban J connectivity index is 2.22. The Morgan fingerprint density at radius 3 is 2.53 bits per heavy atom. The Bertz CT molecular complexity index is 337. The summed E-state index contributed by atoms with van der Waals surface area (Å²) in [5.74, 6) is 0.791. The molecule has 1 heterocycles. The predicted octanol–water partition coefficient (Wildman–Crippen LogP) is 2.56. The van der Waals surface area contributed by atoms with E-state index in [4.69, 9.17) is 0 Å². The average molecular weight is 236 g/mol. The quantitative estimate of drug-likeness (QED) is 0.846. The highest BCUT2D eigenvalue weighted by molar-refractivity contribution is 5.14. The lowest BCUT2D eigenvalue weighted by Gasteiger charge is -2.47. The predicted molar refractivity (Wildman–Crippen MR) is 69.8 cm³/mol. The average Bonchev–Trinajstić information content (AvgIpc) is 2.82. The number of likely N-dealkylation sites (N-methyl/N-ethyl adjacent to an activating group) is 1. The molecule has 2 rings (SSSR count). The first kappa shape index (κ1) is 12.7. The highest BCUT2D eigenvalue weighted by Crippen LogP contribution is 2.43. The van der Waals surface area contributed by atoms with Crippen LogP contribution in [-0.2, 0) is 0 Å². The number of nitrogens with one attached hydrogen (secondary N) is 1. The summed E-state index contributed by atoms with van der Waals surface area (Å²) in [7, 11) is 4.17. The second-order valence-electron chi connectivity index (χ2n) is 5.71. The molecule has 1 aromatic rings. The molecule has 0 aliphatic heterocycles. The van der Waals surface area contributed by atoms with Crippen molar-refractivity contribution in [2.24, 2.45) is 5.92 Å². The second-order valence-corrected chi connectivity index (χ2v) is 5.71. The minimum atomic E-state index is -0.417. The number of aromatic amines is 1.